The van der Waals surface area contributed by atoms with Crippen LogP contribution in [0.1, 0.15) is 12.5 Å². The van der Waals surface area contributed by atoms with Crippen LogP contribution in [0.5, 0.6) is 17.2 Å². The molecule has 1 aliphatic heterocycles. The number of hydrogen-bond donors (Lipinski definition) is 1. The summed E-state index contributed by atoms with van der Waals surface area (Å²) >= 11 is 0. The van der Waals surface area contributed by atoms with Crippen molar-refractivity contribution in [2.45, 2.75) is 6.92 Å². The van der Waals surface area contributed by atoms with Crippen molar-refractivity contribution in [2.75, 3.05) is 25.3 Å². The molecule has 0 aliphatic carbocycles. The number of carbonyl (C=O) groups is 2. The zero-order valence-corrected chi connectivity index (χ0v) is 14.8. The van der Waals surface area contributed by atoms with Gasteiger partial charge in [0.2, 0.25) is 6.79 Å². The van der Waals surface area contributed by atoms with E-state index in [0.717, 1.165) is 5.56 Å². The summed E-state index contributed by atoms with van der Waals surface area (Å²) < 4.78 is 20.9. The van der Waals surface area contributed by atoms with Gasteiger partial charge in [0, 0.05) is 23.4 Å². The highest BCUT2D eigenvalue weighted by molar-refractivity contribution is 5.95. The third-order valence-corrected chi connectivity index (χ3v) is 3.62. The van der Waals surface area contributed by atoms with Gasteiger partial charge >= 0.3 is 5.97 Å². The molecule has 0 spiro atoms. The Hall–Kier alpha value is -3.48. The lowest BCUT2D eigenvalue weighted by atomic mass is 10.2. The summed E-state index contributed by atoms with van der Waals surface area (Å²) in [5.74, 6) is 0.773. The number of amides is 1. The predicted molar refractivity (Wildman–Crippen MR) is 98.8 cm³/mol. The summed E-state index contributed by atoms with van der Waals surface area (Å²) in [6.07, 6.45) is 2.84. The molecule has 1 N–H and O–H groups in total. The van der Waals surface area contributed by atoms with Crippen molar-refractivity contribution in [1.82, 2.24) is 0 Å². The van der Waals surface area contributed by atoms with E-state index in [9.17, 15) is 9.59 Å². The Kier molecular flexibility index (Phi) is 5.94. The molecular formula is C20H19NO6. The lowest BCUT2D eigenvalue weighted by Gasteiger charge is -2.07. The average molecular weight is 369 g/mol. The third kappa shape index (κ3) is 5.01. The number of ether oxygens (including phenoxy) is 4. The lowest BCUT2D eigenvalue weighted by Crippen LogP contribution is -2.20. The van der Waals surface area contributed by atoms with E-state index in [0.29, 0.717) is 29.5 Å². The minimum Gasteiger partial charge on any atom is -0.493 e. The number of hydrogen-bond acceptors (Lipinski definition) is 6. The minimum atomic E-state index is -0.623. The average Bonchev–Trinajstić information content (AvgIpc) is 3.14. The highest BCUT2D eigenvalue weighted by Gasteiger charge is 2.14. The van der Waals surface area contributed by atoms with Gasteiger partial charge < -0.3 is 24.3 Å². The van der Waals surface area contributed by atoms with Gasteiger partial charge in [0.1, 0.15) is 5.75 Å². The zero-order chi connectivity index (χ0) is 19.1. The maximum Gasteiger partial charge on any atom is 0.331 e. The van der Waals surface area contributed by atoms with Crippen LogP contribution in [0.2, 0.25) is 0 Å². The number of benzene rings is 2. The minimum absolute atomic E-state index is 0.156. The second-order valence-corrected chi connectivity index (χ2v) is 5.53. The first-order valence-electron chi connectivity index (χ1n) is 8.42. The molecule has 0 bridgehead atoms. The molecule has 0 atom stereocenters. The van der Waals surface area contributed by atoms with Crippen molar-refractivity contribution in [3.8, 4) is 17.2 Å². The first-order chi connectivity index (χ1) is 13.2. The Morgan fingerprint density at radius 3 is 2.81 bits per heavy atom. The number of fused-ring (bicyclic) bond motifs is 1. The van der Waals surface area contributed by atoms with Gasteiger partial charge in [0.15, 0.2) is 18.1 Å². The van der Waals surface area contributed by atoms with E-state index in [-0.39, 0.29) is 6.79 Å². The monoisotopic (exact) mass is 369 g/mol. The molecule has 7 nitrogen and oxygen atoms in total. The summed E-state index contributed by atoms with van der Waals surface area (Å²) in [5, 5.41) is 2.63. The quantitative estimate of drug-likeness (QED) is 0.597. The van der Waals surface area contributed by atoms with Crippen LogP contribution in [-0.4, -0.2) is 31.9 Å². The summed E-state index contributed by atoms with van der Waals surface area (Å²) in [7, 11) is 0. The van der Waals surface area contributed by atoms with Gasteiger partial charge in [-0.25, -0.2) is 4.79 Å². The molecule has 0 unspecified atom stereocenters. The van der Waals surface area contributed by atoms with Crippen molar-refractivity contribution in [3.05, 3.63) is 54.1 Å². The molecule has 2 aromatic carbocycles. The van der Waals surface area contributed by atoms with Gasteiger partial charge in [-0.05, 0) is 31.2 Å². The molecule has 27 heavy (non-hydrogen) atoms. The van der Waals surface area contributed by atoms with E-state index >= 15 is 0 Å². The Labute approximate surface area is 156 Å². The highest BCUT2D eigenvalue weighted by atomic mass is 16.7. The Balaban J connectivity index is 1.49. The first-order valence-corrected chi connectivity index (χ1v) is 8.42. The molecule has 0 saturated carbocycles. The Morgan fingerprint density at radius 2 is 1.96 bits per heavy atom. The lowest BCUT2D eigenvalue weighted by molar-refractivity contribution is -0.142. The fourth-order valence-corrected chi connectivity index (χ4v) is 2.42. The molecule has 0 aromatic heterocycles. The molecule has 0 fully saturated rings. The van der Waals surface area contributed by atoms with Crippen molar-refractivity contribution in [3.63, 3.8) is 0 Å². The van der Waals surface area contributed by atoms with Crippen LogP contribution in [-0.2, 0) is 14.3 Å². The zero-order valence-electron chi connectivity index (χ0n) is 14.8. The van der Waals surface area contributed by atoms with Crippen LogP contribution < -0.4 is 19.5 Å². The fraction of sp³-hybridized carbons (Fsp3) is 0.200. The molecule has 2 aromatic rings. The van der Waals surface area contributed by atoms with Crippen LogP contribution in [0.3, 0.4) is 0 Å². The predicted octanol–water partition coefficient (Wildman–Crippen LogP) is 3.01. The van der Waals surface area contributed by atoms with Gasteiger partial charge in [0.25, 0.3) is 5.91 Å². The van der Waals surface area contributed by atoms with Gasteiger partial charge in [-0.15, -0.1) is 0 Å². The number of esters is 1. The van der Waals surface area contributed by atoms with Crippen molar-refractivity contribution < 1.29 is 28.5 Å². The number of nitrogens with one attached hydrogen (secondary N) is 1. The van der Waals surface area contributed by atoms with Gasteiger partial charge in [-0.1, -0.05) is 18.2 Å². The fourth-order valence-electron chi connectivity index (χ4n) is 2.42. The molecule has 1 amide bonds. The van der Waals surface area contributed by atoms with Crippen LogP contribution in [0.4, 0.5) is 5.69 Å². The SMILES string of the molecule is CCOc1ccccc1/C=C/C(=O)OCC(=O)Nc1ccc2c(c1)OCO2. The Morgan fingerprint density at radius 1 is 1.15 bits per heavy atom. The molecule has 140 valence electrons. The molecule has 1 aliphatic rings. The van der Waals surface area contributed by atoms with Crippen LogP contribution >= 0.6 is 0 Å². The maximum absolute atomic E-state index is 11.9. The molecule has 7 heteroatoms. The van der Waals surface area contributed by atoms with Crippen LogP contribution in [0.15, 0.2) is 48.5 Å². The largest absolute Gasteiger partial charge is 0.493 e. The first kappa shape index (κ1) is 18.3. The van der Waals surface area contributed by atoms with E-state index in [1.54, 1.807) is 24.3 Å². The van der Waals surface area contributed by atoms with Crippen molar-refractivity contribution >= 4 is 23.6 Å². The second-order valence-electron chi connectivity index (χ2n) is 5.53. The molecular weight excluding hydrogens is 350 g/mol. The van der Waals surface area contributed by atoms with E-state index in [4.69, 9.17) is 18.9 Å². The number of anilines is 1. The van der Waals surface area contributed by atoms with E-state index in [2.05, 4.69) is 5.32 Å². The summed E-state index contributed by atoms with van der Waals surface area (Å²) in [4.78, 5) is 23.8. The number of carbonyl (C=O) groups excluding carboxylic acids is 2. The van der Waals surface area contributed by atoms with Crippen LogP contribution in [0.25, 0.3) is 6.08 Å². The summed E-state index contributed by atoms with van der Waals surface area (Å²) in [6, 6.07) is 12.3. The van der Waals surface area contributed by atoms with Crippen molar-refractivity contribution in [1.29, 1.82) is 0 Å². The summed E-state index contributed by atoms with van der Waals surface area (Å²) in [6.45, 7) is 2.16. The number of para-hydroxylation sites is 1. The van der Waals surface area contributed by atoms with E-state index in [1.807, 2.05) is 31.2 Å². The smallest absolute Gasteiger partial charge is 0.331 e. The number of rotatable bonds is 7. The maximum atomic E-state index is 11.9. The van der Waals surface area contributed by atoms with E-state index < -0.39 is 18.5 Å². The molecule has 0 radical (unpaired) electrons. The standard InChI is InChI=1S/C20H19NO6/c1-2-24-16-6-4-3-5-14(16)7-10-20(23)25-12-19(22)21-15-8-9-17-18(11-15)27-13-26-17/h3-11H,2,12-13H2,1H3,(H,21,22)/b10-7+. The third-order valence-electron chi connectivity index (χ3n) is 3.62. The molecule has 1 heterocycles. The molecule has 0 saturated heterocycles. The topological polar surface area (TPSA) is 83.1 Å². The second kappa shape index (κ2) is 8.75. The van der Waals surface area contributed by atoms with Gasteiger partial charge in [-0.2, -0.15) is 0 Å². The van der Waals surface area contributed by atoms with Crippen LogP contribution in [0, 0.1) is 0 Å². The van der Waals surface area contributed by atoms with Gasteiger partial charge in [0.05, 0.1) is 6.61 Å². The van der Waals surface area contributed by atoms with E-state index in [1.165, 1.54) is 6.08 Å². The Bertz CT molecular complexity index is 861. The molecule has 3 rings (SSSR count). The van der Waals surface area contributed by atoms with Gasteiger partial charge in [-0.3, -0.25) is 4.79 Å². The van der Waals surface area contributed by atoms with Crippen molar-refractivity contribution in [2.24, 2.45) is 0 Å². The normalized spacial score (nSPS) is 12.0. The highest BCUT2D eigenvalue weighted by Crippen LogP contribution is 2.34. The summed E-state index contributed by atoms with van der Waals surface area (Å²) in [5.41, 5.74) is 1.28.